The van der Waals surface area contributed by atoms with Gasteiger partial charge in [0.1, 0.15) is 0 Å². The second-order valence-electron chi connectivity index (χ2n) is 6.36. The summed E-state index contributed by atoms with van der Waals surface area (Å²) >= 11 is 0. The van der Waals surface area contributed by atoms with Gasteiger partial charge in [0.25, 0.3) is 0 Å². The van der Waals surface area contributed by atoms with Gasteiger partial charge in [-0.1, -0.05) is 36.4 Å². The minimum atomic E-state index is -0.709. The molecule has 0 radical (unpaired) electrons. The first-order valence-corrected chi connectivity index (χ1v) is 8.48. The van der Waals surface area contributed by atoms with E-state index in [1.807, 2.05) is 63.2 Å². The molecule has 5 heteroatoms. The van der Waals surface area contributed by atoms with Gasteiger partial charge in [-0.15, -0.1) is 0 Å². The van der Waals surface area contributed by atoms with Crippen molar-refractivity contribution in [1.82, 2.24) is 10.3 Å². The van der Waals surface area contributed by atoms with E-state index in [0.29, 0.717) is 5.69 Å². The molecule has 0 spiro atoms. The SMILES string of the molecule is Cc1cccc([C@H](C)NC(=O)C(=O)Nc2cnc3ccccc3c2)c1C. The Morgan fingerprint density at radius 1 is 1.00 bits per heavy atom. The van der Waals surface area contributed by atoms with Crippen LogP contribution in [0.5, 0.6) is 0 Å². The zero-order chi connectivity index (χ0) is 18.7. The van der Waals surface area contributed by atoms with E-state index in [-0.39, 0.29) is 6.04 Å². The summed E-state index contributed by atoms with van der Waals surface area (Å²) in [7, 11) is 0. The maximum atomic E-state index is 12.2. The Balaban J connectivity index is 1.69. The van der Waals surface area contributed by atoms with Crippen LogP contribution in [-0.4, -0.2) is 16.8 Å². The molecule has 26 heavy (non-hydrogen) atoms. The van der Waals surface area contributed by atoms with Crippen molar-refractivity contribution < 1.29 is 9.59 Å². The number of para-hydroxylation sites is 1. The quantitative estimate of drug-likeness (QED) is 0.710. The first-order valence-electron chi connectivity index (χ1n) is 8.48. The Morgan fingerprint density at radius 2 is 1.77 bits per heavy atom. The number of anilines is 1. The highest BCUT2D eigenvalue weighted by Crippen LogP contribution is 2.20. The van der Waals surface area contributed by atoms with E-state index in [4.69, 9.17) is 0 Å². The highest BCUT2D eigenvalue weighted by atomic mass is 16.2. The largest absolute Gasteiger partial charge is 0.341 e. The van der Waals surface area contributed by atoms with Gasteiger partial charge in [-0.25, -0.2) is 0 Å². The third-order valence-corrected chi connectivity index (χ3v) is 4.52. The molecule has 0 aliphatic carbocycles. The predicted octanol–water partition coefficient (Wildman–Crippen LogP) is 3.67. The van der Waals surface area contributed by atoms with E-state index in [0.717, 1.165) is 27.6 Å². The molecule has 2 amide bonds. The molecule has 3 rings (SSSR count). The number of hydrogen-bond donors (Lipinski definition) is 2. The van der Waals surface area contributed by atoms with Crippen molar-refractivity contribution in [3.05, 3.63) is 71.4 Å². The van der Waals surface area contributed by atoms with Gasteiger partial charge < -0.3 is 10.6 Å². The van der Waals surface area contributed by atoms with E-state index in [9.17, 15) is 9.59 Å². The van der Waals surface area contributed by atoms with Gasteiger partial charge in [0.2, 0.25) is 0 Å². The number of nitrogens with zero attached hydrogens (tertiary/aromatic N) is 1. The predicted molar refractivity (Wildman–Crippen MR) is 103 cm³/mol. The number of carbonyl (C=O) groups excluding carboxylic acids is 2. The molecule has 132 valence electrons. The van der Waals surface area contributed by atoms with Crippen LogP contribution >= 0.6 is 0 Å². The monoisotopic (exact) mass is 347 g/mol. The van der Waals surface area contributed by atoms with Crippen LogP contribution in [0, 0.1) is 13.8 Å². The molecule has 2 aromatic carbocycles. The van der Waals surface area contributed by atoms with Gasteiger partial charge in [-0.3, -0.25) is 14.6 Å². The Bertz CT molecular complexity index is 982. The first-order chi connectivity index (χ1) is 12.5. The number of benzene rings is 2. The fraction of sp³-hybridized carbons (Fsp3) is 0.190. The van der Waals surface area contributed by atoms with E-state index in [1.54, 1.807) is 12.3 Å². The lowest BCUT2D eigenvalue weighted by Gasteiger charge is -2.17. The van der Waals surface area contributed by atoms with Gasteiger partial charge in [-0.2, -0.15) is 0 Å². The number of aryl methyl sites for hydroxylation is 1. The maximum Gasteiger partial charge on any atom is 0.313 e. The Kier molecular flexibility index (Phi) is 4.98. The normalized spacial score (nSPS) is 11.8. The van der Waals surface area contributed by atoms with Crippen LogP contribution in [0.4, 0.5) is 5.69 Å². The van der Waals surface area contributed by atoms with Gasteiger partial charge in [-0.05, 0) is 49.6 Å². The van der Waals surface area contributed by atoms with E-state index < -0.39 is 11.8 Å². The number of rotatable bonds is 3. The fourth-order valence-electron chi connectivity index (χ4n) is 2.91. The average molecular weight is 347 g/mol. The van der Waals surface area contributed by atoms with Crippen LogP contribution in [0.25, 0.3) is 10.9 Å². The lowest BCUT2D eigenvalue weighted by molar-refractivity contribution is -0.136. The van der Waals surface area contributed by atoms with Crippen molar-refractivity contribution in [3.8, 4) is 0 Å². The third-order valence-electron chi connectivity index (χ3n) is 4.52. The van der Waals surface area contributed by atoms with Gasteiger partial charge in [0.05, 0.1) is 23.4 Å². The lowest BCUT2D eigenvalue weighted by Crippen LogP contribution is -2.37. The van der Waals surface area contributed by atoms with Gasteiger partial charge in [0, 0.05) is 5.39 Å². The molecule has 0 aliphatic heterocycles. The molecule has 1 aromatic heterocycles. The minimum absolute atomic E-state index is 0.261. The smallest absolute Gasteiger partial charge is 0.313 e. The molecule has 0 fully saturated rings. The van der Waals surface area contributed by atoms with Crippen LogP contribution < -0.4 is 10.6 Å². The molecule has 3 aromatic rings. The van der Waals surface area contributed by atoms with Crippen molar-refractivity contribution in [2.75, 3.05) is 5.32 Å². The number of carbonyl (C=O) groups is 2. The number of hydrogen-bond acceptors (Lipinski definition) is 3. The minimum Gasteiger partial charge on any atom is -0.341 e. The van der Waals surface area contributed by atoms with Crippen LogP contribution in [0.1, 0.15) is 29.7 Å². The van der Waals surface area contributed by atoms with Gasteiger partial charge >= 0.3 is 11.8 Å². The summed E-state index contributed by atoms with van der Waals surface area (Å²) in [4.78, 5) is 28.7. The number of amides is 2. The second kappa shape index (κ2) is 7.35. The van der Waals surface area contributed by atoms with Crippen LogP contribution in [0.3, 0.4) is 0 Å². The standard InChI is InChI=1S/C21H21N3O2/c1-13-7-6-9-18(14(13)2)15(3)23-20(25)21(26)24-17-11-16-8-4-5-10-19(16)22-12-17/h4-12,15H,1-3H3,(H,23,25)(H,24,26)/t15-/m0/s1. The average Bonchev–Trinajstić information content (AvgIpc) is 2.63. The molecule has 0 bridgehead atoms. The van der Waals surface area contributed by atoms with Crippen molar-refractivity contribution in [2.45, 2.75) is 26.8 Å². The molecule has 0 unspecified atom stereocenters. The summed E-state index contributed by atoms with van der Waals surface area (Å²) in [6, 6.07) is 15.0. The molecule has 5 nitrogen and oxygen atoms in total. The molecule has 0 aliphatic rings. The lowest BCUT2D eigenvalue weighted by atomic mass is 9.98. The Hall–Kier alpha value is -3.21. The van der Waals surface area contributed by atoms with E-state index in [1.165, 1.54) is 0 Å². The van der Waals surface area contributed by atoms with Crippen LogP contribution in [-0.2, 0) is 9.59 Å². The van der Waals surface area contributed by atoms with Crippen LogP contribution in [0.2, 0.25) is 0 Å². The number of fused-ring (bicyclic) bond motifs is 1. The molecular formula is C21H21N3O2. The Labute approximate surface area is 152 Å². The molecule has 1 atom stereocenters. The summed E-state index contributed by atoms with van der Waals surface area (Å²) < 4.78 is 0. The second-order valence-corrected chi connectivity index (χ2v) is 6.36. The van der Waals surface area contributed by atoms with Crippen LogP contribution in [0.15, 0.2) is 54.7 Å². The number of nitrogens with one attached hydrogen (secondary N) is 2. The van der Waals surface area contributed by atoms with E-state index >= 15 is 0 Å². The summed E-state index contributed by atoms with van der Waals surface area (Å²) in [5.74, 6) is -1.38. The molecule has 1 heterocycles. The van der Waals surface area contributed by atoms with Crippen molar-refractivity contribution in [2.24, 2.45) is 0 Å². The van der Waals surface area contributed by atoms with Gasteiger partial charge in [0.15, 0.2) is 0 Å². The zero-order valence-corrected chi connectivity index (χ0v) is 15.0. The molecular weight excluding hydrogens is 326 g/mol. The zero-order valence-electron chi connectivity index (χ0n) is 15.0. The van der Waals surface area contributed by atoms with Crippen molar-refractivity contribution in [3.63, 3.8) is 0 Å². The van der Waals surface area contributed by atoms with Crippen molar-refractivity contribution in [1.29, 1.82) is 0 Å². The molecule has 0 saturated heterocycles. The maximum absolute atomic E-state index is 12.2. The molecule has 0 saturated carbocycles. The third kappa shape index (κ3) is 3.72. The topological polar surface area (TPSA) is 71.1 Å². The summed E-state index contributed by atoms with van der Waals surface area (Å²) in [5.41, 5.74) is 4.58. The highest BCUT2D eigenvalue weighted by molar-refractivity contribution is 6.39. The fourth-order valence-corrected chi connectivity index (χ4v) is 2.91. The Morgan fingerprint density at radius 3 is 2.58 bits per heavy atom. The van der Waals surface area contributed by atoms with Crippen molar-refractivity contribution >= 4 is 28.4 Å². The highest BCUT2D eigenvalue weighted by Gasteiger charge is 2.18. The summed E-state index contributed by atoms with van der Waals surface area (Å²) in [5, 5.41) is 6.25. The summed E-state index contributed by atoms with van der Waals surface area (Å²) in [6.07, 6.45) is 1.54. The number of pyridine rings is 1. The summed E-state index contributed by atoms with van der Waals surface area (Å²) in [6.45, 7) is 5.89. The molecule has 2 N–H and O–H groups in total. The number of aromatic nitrogens is 1. The van der Waals surface area contributed by atoms with E-state index in [2.05, 4.69) is 15.6 Å². The first kappa shape index (κ1) is 17.6.